The highest BCUT2D eigenvalue weighted by Gasteiger charge is 2.14. The second kappa shape index (κ2) is 3.64. The van der Waals surface area contributed by atoms with Gasteiger partial charge in [-0.3, -0.25) is 0 Å². The van der Waals surface area contributed by atoms with Crippen molar-refractivity contribution in [2.45, 2.75) is 13.8 Å². The van der Waals surface area contributed by atoms with Crippen LogP contribution in [0.25, 0.3) is 21.5 Å². The number of hydrogen-bond acceptors (Lipinski definition) is 2. The van der Waals surface area contributed by atoms with Gasteiger partial charge in [0.25, 0.3) is 0 Å². The molecular formula is C16H14O2. The van der Waals surface area contributed by atoms with E-state index in [4.69, 9.17) is 0 Å². The van der Waals surface area contributed by atoms with E-state index in [1.54, 1.807) is 0 Å². The van der Waals surface area contributed by atoms with Crippen molar-refractivity contribution < 1.29 is 10.2 Å². The van der Waals surface area contributed by atoms with E-state index in [2.05, 4.69) is 0 Å². The molecule has 0 spiro atoms. The van der Waals surface area contributed by atoms with Gasteiger partial charge in [0.05, 0.1) is 0 Å². The minimum Gasteiger partial charge on any atom is -0.507 e. The van der Waals surface area contributed by atoms with Gasteiger partial charge in [-0.2, -0.15) is 0 Å². The van der Waals surface area contributed by atoms with Crippen LogP contribution in [0.5, 0.6) is 11.5 Å². The van der Waals surface area contributed by atoms with Gasteiger partial charge in [0.15, 0.2) is 0 Å². The first-order valence-electron chi connectivity index (χ1n) is 5.94. The molecule has 0 aliphatic carbocycles. The van der Waals surface area contributed by atoms with Crippen molar-refractivity contribution in [3.8, 4) is 11.5 Å². The summed E-state index contributed by atoms with van der Waals surface area (Å²) in [7, 11) is 0. The number of rotatable bonds is 0. The molecule has 18 heavy (non-hydrogen) atoms. The van der Waals surface area contributed by atoms with E-state index in [0.29, 0.717) is 16.2 Å². The summed E-state index contributed by atoms with van der Waals surface area (Å²) in [5.74, 6) is 0.487. The van der Waals surface area contributed by atoms with Crippen LogP contribution < -0.4 is 0 Å². The zero-order valence-corrected chi connectivity index (χ0v) is 10.4. The smallest absolute Gasteiger partial charge is 0.131 e. The molecule has 90 valence electrons. The van der Waals surface area contributed by atoms with Gasteiger partial charge in [0.2, 0.25) is 0 Å². The number of phenols is 2. The molecule has 0 atom stereocenters. The number of phenolic OH excluding ortho intramolecular Hbond substituents is 2. The molecule has 0 aromatic heterocycles. The third-order valence-corrected chi connectivity index (χ3v) is 3.67. The molecule has 0 bridgehead atoms. The second-order valence-corrected chi connectivity index (χ2v) is 4.67. The first-order valence-corrected chi connectivity index (χ1v) is 5.94. The number of hydrogen-bond donors (Lipinski definition) is 2. The Kier molecular flexibility index (Phi) is 2.20. The molecule has 0 heterocycles. The molecular weight excluding hydrogens is 224 g/mol. The lowest BCUT2D eigenvalue weighted by Gasteiger charge is -2.12. The van der Waals surface area contributed by atoms with Gasteiger partial charge in [-0.05, 0) is 25.0 Å². The molecule has 3 aromatic rings. The molecule has 0 aliphatic rings. The third-order valence-electron chi connectivity index (χ3n) is 3.67. The molecule has 0 fully saturated rings. The Labute approximate surface area is 105 Å². The fourth-order valence-corrected chi connectivity index (χ4v) is 2.49. The predicted octanol–water partition coefficient (Wildman–Crippen LogP) is 4.02. The van der Waals surface area contributed by atoms with Crippen molar-refractivity contribution in [1.29, 1.82) is 0 Å². The van der Waals surface area contributed by atoms with Crippen LogP contribution in [0.15, 0.2) is 36.4 Å². The van der Waals surface area contributed by atoms with Crippen LogP contribution in [0.3, 0.4) is 0 Å². The predicted molar refractivity (Wildman–Crippen MR) is 74.3 cm³/mol. The molecule has 2 nitrogen and oxygen atoms in total. The lowest BCUT2D eigenvalue weighted by Crippen LogP contribution is -1.87. The maximum atomic E-state index is 10.4. The van der Waals surface area contributed by atoms with Gasteiger partial charge >= 0.3 is 0 Å². The molecule has 0 unspecified atom stereocenters. The van der Waals surface area contributed by atoms with Gasteiger partial charge in [0.1, 0.15) is 11.5 Å². The fraction of sp³-hybridized carbons (Fsp3) is 0.125. The van der Waals surface area contributed by atoms with E-state index >= 15 is 0 Å². The Morgan fingerprint density at radius 3 is 2.00 bits per heavy atom. The fourth-order valence-electron chi connectivity index (χ4n) is 2.49. The van der Waals surface area contributed by atoms with E-state index in [9.17, 15) is 10.2 Å². The zero-order chi connectivity index (χ0) is 12.9. The summed E-state index contributed by atoms with van der Waals surface area (Å²) in [6, 6.07) is 11.2. The van der Waals surface area contributed by atoms with Crippen molar-refractivity contribution >= 4 is 21.5 Å². The lowest BCUT2D eigenvalue weighted by atomic mass is 9.95. The molecule has 0 saturated heterocycles. The average molecular weight is 238 g/mol. The van der Waals surface area contributed by atoms with E-state index in [-0.39, 0.29) is 11.5 Å². The van der Waals surface area contributed by atoms with Crippen LogP contribution in [-0.2, 0) is 0 Å². The Bertz CT molecular complexity index is 773. The largest absolute Gasteiger partial charge is 0.507 e. The average Bonchev–Trinajstić information content (AvgIpc) is 2.39. The summed E-state index contributed by atoms with van der Waals surface area (Å²) in [5, 5.41) is 23.6. The van der Waals surface area contributed by atoms with Gasteiger partial charge in [0, 0.05) is 21.5 Å². The maximum Gasteiger partial charge on any atom is 0.131 e. The molecule has 3 rings (SSSR count). The first kappa shape index (κ1) is 10.9. The van der Waals surface area contributed by atoms with Crippen molar-refractivity contribution in [3.05, 3.63) is 47.5 Å². The first-order chi connectivity index (χ1) is 8.61. The van der Waals surface area contributed by atoms with Crippen LogP contribution in [0.4, 0.5) is 0 Å². The highest BCUT2D eigenvalue weighted by molar-refractivity contribution is 6.11. The molecule has 2 heteroatoms. The number of aryl methyl sites for hydroxylation is 2. The van der Waals surface area contributed by atoms with Crippen LogP contribution in [-0.4, -0.2) is 10.2 Å². The number of fused-ring (bicyclic) bond motifs is 2. The van der Waals surface area contributed by atoms with Crippen LogP contribution >= 0.6 is 0 Å². The normalized spacial score (nSPS) is 11.2. The molecule has 3 aromatic carbocycles. The summed E-state index contributed by atoms with van der Waals surface area (Å²) in [4.78, 5) is 0. The van der Waals surface area contributed by atoms with Gasteiger partial charge < -0.3 is 10.2 Å². The standard InChI is InChI=1S/C16H14O2/c1-9-7-8-13-14(10(9)2)16(18)12-6-4-3-5-11(12)15(13)17/h3-8,17-18H,1-2H3. The Morgan fingerprint density at radius 1 is 0.722 bits per heavy atom. The molecule has 0 saturated carbocycles. The van der Waals surface area contributed by atoms with E-state index in [1.165, 1.54) is 0 Å². The summed E-state index contributed by atoms with van der Waals surface area (Å²) in [6.45, 7) is 3.96. The van der Waals surface area contributed by atoms with E-state index in [1.807, 2.05) is 50.2 Å². The van der Waals surface area contributed by atoms with Crippen LogP contribution in [0.2, 0.25) is 0 Å². The third kappa shape index (κ3) is 1.29. The van der Waals surface area contributed by atoms with E-state index < -0.39 is 0 Å². The summed E-state index contributed by atoms with van der Waals surface area (Å²) in [6.07, 6.45) is 0. The van der Waals surface area contributed by atoms with Crippen LogP contribution in [0.1, 0.15) is 11.1 Å². The monoisotopic (exact) mass is 238 g/mol. The molecule has 2 N–H and O–H groups in total. The van der Waals surface area contributed by atoms with Crippen molar-refractivity contribution in [3.63, 3.8) is 0 Å². The van der Waals surface area contributed by atoms with Crippen LogP contribution in [0, 0.1) is 13.8 Å². The lowest BCUT2D eigenvalue weighted by molar-refractivity contribution is 0.478. The highest BCUT2D eigenvalue weighted by atomic mass is 16.3. The minimum atomic E-state index is 0.238. The van der Waals surface area contributed by atoms with E-state index in [0.717, 1.165) is 16.5 Å². The SMILES string of the molecule is Cc1ccc2c(O)c3ccccc3c(O)c2c1C. The van der Waals surface area contributed by atoms with Crippen molar-refractivity contribution in [2.75, 3.05) is 0 Å². The Balaban J connectivity index is 2.67. The number of benzene rings is 3. The Morgan fingerprint density at radius 2 is 1.33 bits per heavy atom. The van der Waals surface area contributed by atoms with Crippen molar-refractivity contribution in [2.24, 2.45) is 0 Å². The maximum absolute atomic E-state index is 10.4. The van der Waals surface area contributed by atoms with Gasteiger partial charge in [-0.1, -0.05) is 36.4 Å². The Hall–Kier alpha value is -2.22. The zero-order valence-electron chi connectivity index (χ0n) is 10.4. The topological polar surface area (TPSA) is 40.5 Å². The molecule has 0 aliphatic heterocycles. The summed E-state index contributed by atoms with van der Waals surface area (Å²) < 4.78 is 0. The highest BCUT2D eigenvalue weighted by Crippen LogP contribution is 2.43. The molecule has 0 radical (unpaired) electrons. The number of aromatic hydroxyl groups is 2. The minimum absolute atomic E-state index is 0.238. The second-order valence-electron chi connectivity index (χ2n) is 4.67. The molecule has 0 amide bonds. The van der Waals surface area contributed by atoms with Gasteiger partial charge in [-0.15, -0.1) is 0 Å². The quantitative estimate of drug-likeness (QED) is 0.458. The van der Waals surface area contributed by atoms with Crippen molar-refractivity contribution in [1.82, 2.24) is 0 Å². The van der Waals surface area contributed by atoms with Gasteiger partial charge in [-0.25, -0.2) is 0 Å². The summed E-state index contributed by atoms with van der Waals surface area (Å²) >= 11 is 0. The summed E-state index contributed by atoms with van der Waals surface area (Å²) in [5.41, 5.74) is 2.11.